The summed E-state index contributed by atoms with van der Waals surface area (Å²) in [6, 6.07) is 11.2. The lowest BCUT2D eigenvalue weighted by Crippen LogP contribution is -2.47. The number of nitrogens with one attached hydrogen (secondary N) is 1. The average Bonchev–Trinajstić information content (AvgIpc) is 2.74. The van der Waals surface area contributed by atoms with E-state index in [9.17, 15) is 4.79 Å². The Labute approximate surface area is 169 Å². The van der Waals surface area contributed by atoms with E-state index in [0.717, 1.165) is 51.4 Å². The van der Waals surface area contributed by atoms with Crippen molar-refractivity contribution in [3.63, 3.8) is 0 Å². The second-order valence-electron chi connectivity index (χ2n) is 8.26. The van der Waals surface area contributed by atoms with Crippen LogP contribution in [0.25, 0.3) is 0 Å². The van der Waals surface area contributed by atoms with Crippen LogP contribution in [-0.4, -0.2) is 49.6 Å². The van der Waals surface area contributed by atoms with E-state index in [1.807, 2.05) is 6.07 Å². The highest BCUT2D eigenvalue weighted by Crippen LogP contribution is 2.27. The number of hydrogen-bond acceptors (Lipinski definition) is 4. The van der Waals surface area contributed by atoms with Crippen LogP contribution in [0.1, 0.15) is 51.0 Å². The Bertz CT molecular complexity index is 667. The van der Waals surface area contributed by atoms with Crippen molar-refractivity contribution in [2.24, 2.45) is 5.92 Å². The summed E-state index contributed by atoms with van der Waals surface area (Å²) in [5.41, 5.74) is 2.79. The molecule has 1 aromatic rings. The number of carbonyl (C=O) groups excluding carboxylic acids is 1. The highest BCUT2D eigenvalue weighted by molar-refractivity contribution is 5.78. The van der Waals surface area contributed by atoms with Crippen molar-refractivity contribution in [1.29, 1.82) is 5.26 Å². The molecule has 1 aromatic carbocycles. The molecule has 0 radical (unpaired) electrons. The average molecular weight is 383 g/mol. The van der Waals surface area contributed by atoms with Gasteiger partial charge in [-0.3, -0.25) is 9.69 Å². The molecule has 1 saturated carbocycles. The first-order valence-corrected chi connectivity index (χ1v) is 10.9. The van der Waals surface area contributed by atoms with E-state index >= 15 is 0 Å². The molecule has 5 nitrogen and oxygen atoms in total. The van der Waals surface area contributed by atoms with Crippen LogP contribution < -0.4 is 10.2 Å². The number of aryl methyl sites for hydroxylation is 1. The van der Waals surface area contributed by atoms with E-state index < -0.39 is 0 Å². The molecule has 2 fully saturated rings. The maximum Gasteiger partial charge on any atom is 0.234 e. The van der Waals surface area contributed by atoms with Gasteiger partial charge in [-0.25, -0.2) is 0 Å². The summed E-state index contributed by atoms with van der Waals surface area (Å²) in [5, 5.41) is 11.6. The second kappa shape index (κ2) is 10.5. The molecule has 28 heavy (non-hydrogen) atoms. The SMILES string of the molecule is CCc1cccc(N2CCN(CC[C@H]3CC[C@H](NC(=O)CC#N)CC3)CC2)c1. The zero-order valence-electron chi connectivity index (χ0n) is 17.2. The molecule has 0 unspecified atom stereocenters. The molecule has 3 rings (SSSR count). The normalized spacial score (nSPS) is 23.2. The number of rotatable bonds is 7. The van der Waals surface area contributed by atoms with Crippen molar-refractivity contribution >= 4 is 11.6 Å². The smallest absolute Gasteiger partial charge is 0.234 e. The van der Waals surface area contributed by atoms with Crippen LogP contribution in [0.15, 0.2) is 24.3 Å². The van der Waals surface area contributed by atoms with Crippen LogP contribution in [0.2, 0.25) is 0 Å². The molecule has 1 aliphatic heterocycles. The fourth-order valence-electron chi connectivity index (χ4n) is 4.51. The number of nitrogens with zero attached hydrogens (tertiary/aromatic N) is 3. The van der Waals surface area contributed by atoms with Crippen LogP contribution >= 0.6 is 0 Å². The molecule has 5 heteroatoms. The van der Waals surface area contributed by atoms with Gasteiger partial charge in [-0.2, -0.15) is 5.26 Å². The van der Waals surface area contributed by atoms with Gasteiger partial charge < -0.3 is 10.2 Å². The van der Waals surface area contributed by atoms with Crippen molar-refractivity contribution < 1.29 is 4.79 Å². The molecule has 0 atom stereocenters. The lowest BCUT2D eigenvalue weighted by molar-refractivity contribution is -0.121. The van der Waals surface area contributed by atoms with Gasteiger partial charge in [-0.1, -0.05) is 19.1 Å². The van der Waals surface area contributed by atoms with Gasteiger partial charge in [0.2, 0.25) is 5.91 Å². The number of piperazine rings is 1. The Morgan fingerprint density at radius 3 is 2.61 bits per heavy atom. The minimum atomic E-state index is -0.117. The predicted octanol–water partition coefficient (Wildman–Crippen LogP) is 3.35. The third-order valence-electron chi connectivity index (χ3n) is 6.36. The summed E-state index contributed by atoms with van der Waals surface area (Å²) in [7, 11) is 0. The van der Waals surface area contributed by atoms with Crippen LogP contribution in [0.4, 0.5) is 5.69 Å². The first-order valence-electron chi connectivity index (χ1n) is 10.9. The van der Waals surface area contributed by atoms with Gasteiger partial charge in [0.1, 0.15) is 6.42 Å². The standard InChI is InChI=1S/C23H34N4O/c1-2-19-4-3-5-22(18-19)27-16-14-26(15-17-27)13-11-20-6-8-21(9-7-20)25-23(28)10-12-24/h3-5,18,20-21H,2,6-11,13-17H2,1H3,(H,25,28)/t20-,21-. The van der Waals surface area contributed by atoms with Gasteiger partial charge in [0.25, 0.3) is 0 Å². The molecule has 1 N–H and O–H groups in total. The lowest BCUT2D eigenvalue weighted by Gasteiger charge is -2.37. The molecule has 1 heterocycles. The van der Waals surface area contributed by atoms with Crippen molar-refractivity contribution in [3.05, 3.63) is 29.8 Å². The largest absolute Gasteiger partial charge is 0.369 e. The van der Waals surface area contributed by atoms with Gasteiger partial charge in [0.05, 0.1) is 6.07 Å². The summed E-state index contributed by atoms with van der Waals surface area (Å²) in [6.07, 6.45) is 6.85. The Hall–Kier alpha value is -2.06. The summed E-state index contributed by atoms with van der Waals surface area (Å²) in [5.74, 6) is 0.664. The van der Waals surface area contributed by atoms with E-state index in [1.165, 1.54) is 37.1 Å². The Kier molecular flexibility index (Phi) is 7.73. The molecule has 0 spiro atoms. The van der Waals surface area contributed by atoms with E-state index in [2.05, 4.69) is 46.3 Å². The Morgan fingerprint density at radius 1 is 1.18 bits per heavy atom. The van der Waals surface area contributed by atoms with Crippen molar-refractivity contribution in [3.8, 4) is 6.07 Å². The van der Waals surface area contributed by atoms with Gasteiger partial charge in [0, 0.05) is 37.9 Å². The predicted molar refractivity (Wildman–Crippen MR) is 113 cm³/mol. The van der Waals surface area contributed by atoms with E-state index in [-0.39, 0.29) is 18.4 Å². The molecule has 2 aliphatic rings. The Morgan fingerprint density at radius 2 is 1.93 bits per heavy atom. The lowest BCUT2D eigenvalue weighted by atomic mass is 9.84. The first kappa shape index (κ1) is 20.7. The summed E-state index contributed by atoms with van der Waals surface area (Å²) >= 11 is 0. The highest BCUT2D eigenvalue weighted by atomic mass is 16.1. The second-order valence-corrected chi connectivity index (χ2v) is 8.26. The number of nitriles is 1. The molecular weight excluding hydrogens is 348 g/mol. The molecule has 1 amide bonds. The van der Waals surface area contributed by atoms with Gasteiger partial charge in [0.15, 0.2) is 0 Å². The van der Waals surface area contributed by atoms with Crippen molar-refractivity contribution in [2.45, 2.75) is 57.9 Å². The monoisotopic (exact) mass is 382 g/mol. The van der Waals surface area contributed by atoms with Crippen LogP contribution in [0.3, 0.4) is 0 Å². The van der Waals surface area contributed by atoms with Crippen LogP contribution in [0.5, 0.6) is 0 Å². The fourth-order valence-corrected chi connectivity index (χ4v) is 4.51. The van der Waals surface area contributed by atoms with E-state index in [0.29, 0.717) is 0 Å². The molecule has 1 saturated heterocycles. The molecular formula is C23H34N4O. The minimum absolute atomic E-state index is 0.0192. The van der Waals surface area contributed by atoms with Crippen LogP contribution in [-0.2, 0) is 11.2 Å². The number of amides is 1. The molecule has 152 valence electrons. The number of carbonyl (C=O) groups is 1. The third kappa shape index (κ3) is 5.97. The quantitative estimate of drug-likeness (QED) is 0.786. The number of anilines is 1. The summed E-state index contributed by atoms with van der Waals surface area (Å²) < 4.78 is 0. The number of benzene rings is 1. The summed E-state index contributed by atoms with van der Waals surface area (Å²) in [4.78, 5) is 16.7. The maximum atomic E-state index is 11.5. The minimum Gasteiger partial charge on any atom is -0.369 e. The summed E-state index contributed by atoms with van der Waals surface area (Å²) in [6.45, 7) is 7.94. The first-order chi connectivity index (χ1) is 13.7. The molecule has 1 aliphatic carbocycles. The van der Waals surface area contributed by atoms with Gasteiger partial charge >= 0.3 is 0 Å². The number of hydrogen-bond donors (Lipinski definition) is 1. The molecule has 0 aromatic heterocycles. The highest BCUT2D eigenvalue weighted by Gasteiger charge is 2.24. The molecule has 0 bridgehead atoms. The van der Waals surface area contributed by atoms with Crippen molar-refractivity contribution in [1.82, 2.24) is 10.2 Å². The van der Waals surface area contributed by atoms with E-state index in [1.54, 1.807) is 0 Å². The van der Waals surface area contributed by atoms with Gasteiger partial charge in [-0.15, -0.1) is 0 Å². The van der Waals surface area contributed by atoms with Gasteiger partial charge in [-0.05, 0) is 68.7 Å². The maximum absolute atomic E-state index is 11.5. The van der Waals surface area contributed by atoms with Crippen molar-refractivity contribution in [2.75, 3.05) is 37.6 Å². The third-order valence-corrected chi connectivity index (χ3v) is 6.36. The Balaban J connectivity index is 1.34. The zero-order chi connectivity index (χ0) is 19.8. The van der Waals surface area contributed by atoms with E-state index in [4.69, 9.17) is 5.26 Å². The fraction of sp³-hybridized carbons (Fsp3) is 0.652. The van der Waals surface area contributed by atoms with Crippen LogP contribution in [0, 0.1) is 17.2 Å². The zero-order valence-corrected chi connectivity index (χ0v) is 17.2. The topological polar surface area (TPSA) is 59.4 Å².